The van der Waals surface area contributed by atoms with Crippen LogP contribution in [0.5, 0.6) is 5.75 Å². The van der Waals surface area contributed by atoms with Crippen LogP contribution in [0.15, 0.2) is 24.5 Å². The van der Waals surface area contributed by atoms with E-state index in [1.807, 2.05) is 5.32 Å². The average molecular weight is 528 g/mol. The van der Waals surface area contributed by atoms with E-state index in [0.717, 1.165) is 12.1 Å². The summed E-state index contributed by atoms with van der Waals surface area (Å²) in [4.78, 5) is 25.7. The minimum atomic E-state index is -3.97. The summed E-state index contributed by atoms with van der Waals surface area (Å²) in [6.45, 7) is 0. The normalized spacial score (nSPS) is 11.3. The summed E-state index contributed by atoms with van der Waals surface area (Å²) in [5.41, 5.74) is -0.210. The fourth-order valence-electron chi connectivity index (χ4n) is 1.87. The Morgan fingerprint density at radius 2 is 1.52 bits per heavy atom. The second kappa shape index (κ2) is 9.68. The van der Waals surface area contributed by atoms with Crippen molar-refractivity contribution in [3.05, 3.63) is 50.2 Å². The zero-order valence-corrected chi connectivity index (χ0v) is 18.1. The Bertz CT molecular complexity index is 918. The molecule has 2 rings (SSSR count). The summed E-state index contributed by atoms with van der Waals surface area (Å²) in [6, 6.07) is 1.09. The number of benzene rings is 1. The first-order valence-corrected chi connectivity index (χ1v) is 9.56. The molecule has 0 saturated carbocycles. The van der Waals surface area contributed by atoms with E-state index in [-0.39, 0.29) is 31.3 Å². The Labute approximate surface area is 192 Å². The van der Waals surface area contributed by atoms with Gasteiger partial charge in [-0.25, -0.2) is 4.79 Å². The molecule has 0 saturated heterocycles. The van der Waals surface area contributed by atoms with E-state index in [2.05, 4.69) is 15.0 Å². The fraction of sp³-hybridized carbons (Fsp3) is 0.133. The third kappa shape index (κ3) is 6.10. The molecule has 2 N–H and O–H groups in total. The molecule has 156 valence electrons. The van der Waals surface area contributed by atoms with Gasteiger partial charge in [0.2, 0.25) is 4.84 Å². The standard InChI is InChI=1S/C15H7Cl6F2N3O3/c16-6-1-5(2-7(17)11(6)29-15(22,23)13(20)21)25-14(28)26-12(27)10-8(18)3-24-4-9(10)19/h1-4,13H,(H2,25,26,27,28). The summed E-state index contributed by atoms with van der Waals surface area (Å²) < 4.78 is 31.4. The van der Waals surface area contributed by atoms with Crippen molar-refractivity contribution in [1.82, 2.24) is 10.3 Å². The van der Waals surface area contributed by atoms with Crippen molar-refractivity contribution in [2.75, 3.05) is 5.32 Å². The number of urea groups is 1. The van der Waals surface area contributed by atoms with E-state index in [9.17, 15) is 18.4 Å². The first kappa shape index (κ1) is 24.0. The smallest absolute Gasteiger partial charge is 0.427 e. The van der Waals surface area contributed by atoms with Gasteiger partial charge in [-0.15, -0.1) is 0 Å². The van der Waals surface area contributed by atoms with Gasteiger partial charge in [-0.1, -0.05) is 69.6 Å². The van der Waals surface area contributed by atoms with Gasteiger partial charge >= 0.3 is 12.1 Å². The molecule has 1 aromatic heterocycles. The highest BCUT2D eigenvalue weighted by molar-refractivity contribution is 6.45. The van der Waals surface area contributed by atoms with Crippen LogP contribution in [0.3, 0.4) is 0 Å². The van der Waals surface area contributed by atoms with Crippen LogP contribution in [0, 0.1) is 0 Å². The van der Waals surface area contributed by atoms with Gasteiger partial charge in [0, 0.05) is 18.1 Å². The molecule has 0 radical (unpaired) electrons. The highest BCUT2D eigenvalue weighted by Crippen LogP contribution is 2.40. The molecule has 2 aromatic rings. The molecule has 0 unspecified atom stereocenters. The number of imide groups is 1. The molecule has 1 heterocycles. The maximum absolute atomic E-state index is 13.5. The van der Waals surface area contributed by atoms with Crippen molar-refractivity contribution >= 4 is 87.2 Å². The Kier molecular flexibility index (Phi) is 8.00. The van der Waals surface area contributed by atoms with Gasteiger partial charge in [0.1, 0.15) is 0 Å². The van der Waals surface area contributed by atoms with Crippen molar-refractivity contribution in [3.63, 3.8) is 0 Å². The largest absolute Gasteiger partial charge is 0.428 e. The lowest BCUT2D eigenvalue weighted by molar-refractivity contribution is -0.163. The van der Waals surface area contributed by atoms with E-state index in [4.69, 9.17) is 69.6 Å². The number of halogens is 8. The molecular formula is C15H7Cl6F2N3O3. The molecule has 0 fully saturated rings. The van der Waals surface area contributed by atoms with Gasteiger partial charge in [0.25, 0.3) is 5.91 Å². The van der Waals surface area contributed by atoms with Crippen LogP contribution in [0.2, 0.25) is 20.1 Å². The molecule has 6 nitrogen and oxygen atoms in total. The number of nitrogens with zero attached hydrogens (tertiary/aromatic N) is 1. The number of carbonyl (C=O) groups is 2. The minimum Gasteiger partial charge on any atom is -0.427 e. The second-order valence-electron chi connectivity index (χ2n) is 5.12. The number of anilines is 1. The van der Waals surface area contributed by atoms with E-state index < -0.39 is 28.6 Å². The van der Waals surface area contributed by atoms with Gasteiger partial charge in [-0.3, -0.25) is 15.1 Å². The topological polar surface area (TPSA) is 80.3 Å². The van der Waals surface area contributed by atoms with E-state index >= 15 is 0 Å². The zero-order valence-electron chi connectivity index (χ0n) is 13.6. The Hall–Kier alpha value is -1.29. The van der Waals surface area contributed by atoms with Crippen LogP contribution < -0.4 is 15.4 Å². The van der Waals surface area contributed by atoms with E-state index in [0.29, 0.717) is 0 Å². The van der Waals surface area contributed by atoms with Gasteiger partial charge in [-0.05, 0) is 12.1 Å². The van der Waals surface area contributed by atoms with Gasteiger partial charge in [0.15, 0.2) is 5.75 Å². The van der Waals surface area contributed by atoms with Crippen molar-refractivity contribution in [1.29, 1.82) is 0 Å². The summed E-state index contributed by atoms with van der Waals surface area (Å²) in [5, 5.41) is 3.30. The maximum atomic E-state index is 13.5. The lowest BCUT2D eigenvalue weighted by Gasteiger charge is -2.20. The number of rotatable bonds is 5. The van der Waals surface area contributed by atoms with Gasteiger partial charge < -0.3 is 10.1 Å². The molecular weight excluding hydrogens is 521 g/mol. The lowest BCUT2D eigenvalue weighted by Crippen LogP contribution is -2.34. The molecule has 0 aliphatic heterocycles. The zero-order chi connectivity index (χ0) is 21.9. The number of nitrogens with one attached hydrogen (secondary N) is 2. The number of hydrogen-bond donors (Lipinski definition) is 2. The number of pyridine rings is 1. The van der Waals surface area contributed by atoms with E-state index in [1.165, 1.54) is 12.4 Å². The summed E-state index contributed by atoms with van der Waals surface area (Å²) in [5.74, 6) is -1.52. The quantitative estimate of drug-likeness (QED) is 0.439. The van der Waals surface area contributed by atoms with Crippen LogP contribution >= 0.6 is 69.6 Å². The minimum absolute atomic E-state index is 0.0406. The highest BCUT2D eigenvalue weighted by Gasteiger charge is 2.41. The Balaban J connectivity index is 2.14. The summed E-state index contributed by atoms with van der Waals surface area (Å²) >= 11 is 33.7. The third-order valence-electron chi connectivity index (χ3n) is 3.06. The predicted molar refractivity (Wildman–Crippen MR) is 108 cm³/mol. The molecule has 14 heteroatoms. The molecule has 0 atom stereocenters. The van der Waals surface area contributed by atoms with Crippen LogP contribution in [0.4, 0.5) is 19.3 Å². The van der Waals surface area contributed by atoms with Crippen molar-refractivity contribution in [2.24, 2.45) is 0 Å². The van der Waals surface area contributed by atoms with Crippen molar-refractivity contribution in [3.8, 4) is 5.75 Å². The molecule has 0 aliphatic carbocycles. The van der Waals surface area contributed by atoms with Crippen LogP contribution in [0.25, 0.3) is 0 Å². The molecule has 0 spiro atoms. The summed E-state index contributed by atoms with van der Waals surface area (Å²) in [6.07, 6.45) is -1.64. The van der Waals surface area contributed by atoms with Crippen LogP contribution in [-0.4, -0.2) is 27.9 Å². The molecule has 0 bridgehead atoms. The number of alkyl halides is 4. The third-order valence-corrected chi connectivity index (χ3v) is 4.70. The molecule has 3 amide bonds. The highest BCUT2D eigenvalue weighted by atomic mass is 35.5. The number of aromatic nitrogens is 1. The first-order chi connectivity index (χ1) is 13.4. The fourth-order valence-corrected chi connectivity index (χ4v) is 3.06. The summed E-state index contributed by atoms with van der Waals surface area (Å²) in [7, 11) is 0. The van der Waals surface area contributed by atoms with Crippen LogP contribution in [0.1, 0.15) is 10.4 Å². The molecule has 0 aliphatic rings. The number of amides is 3. The van der Waals surface area contributed by atoms with Crippen molar-refractivity contribution < 1.29 is 23.1 Å². The maximum Gasteiger partial charge on any atom is 0.428 e. The molecule has 1 aromatic carbocycles. The second-order valence-corrected chi connectivity index (χ2v) is 7.85. The van der Waals surface area contributed by atoms with Gasteiger partial charge in [0.05, 0.1) is 25.7 Å². The Morgan fingerprint density at radius 1 is 1.00 bits per heavy atom. The van der Waals surface area contributed by atoms with E-state index in [1.54, 1.807) is 0 Å². The number of ether oxygens (including phenoxy) is 1. The average Bonchev–Trinajstić information content (AvgIpc) is 2.57. The predicted octanol–water partition coefficient (Wildman–Crippen LogP) is 6.43. The van der Waals surface area contributed by atoms with Gasteiger partial charge in [-0.2, -0.15) is 8.78 Å². The monoisotopic (exact) mass is 525 g/mol. The number of hydrogen-bond acceptors (Lipinski definition) is 4. The lowest BCUT2D eigenvalue weighted by atomic mass is 10.2. The van der Waals surface area contributed by atoms with Crippen molar-refractivity contribution in [2.45, 2.75) is 10.9 Å². The first-order valence-electron chi connectivity index (χ1n) is 7.17. The number of carbonyl (C=O) groups excluding carboxylic acids is 2. The van der Waals surface area contributed by atoms with Crippen LogP contribution in [-0.2, 0) is 0 Å². The molecule has 29 heavy (non-hydrogen) atoms. The Morgan fingerprint density at radius 3 is 2.00 bits per heavy atom. The SMILES string of the molecule is O=C(NC(=O)c1c(Cl)cncc1Cl)Nc1cc(Cl)c(OC(F)(F)C(Cl)Cl)c(Cl)c1.